The van der Waals surface area contributed by atoms with Gasteiger partial charge in [0.15, 0.2) is 0 Å². The van der Waals surface area contributed by atoms with Crippen LogP contribution >= 0.6 is 0 Å². The Kier molecular flexibility index (Phi) is 6.03. The number of nitrogens with one attached hydrogen (secondary N) is 1. The molecule has 1 aromatic carbocycles. The molecule has 5 rings (SSSR count). The first-order valence-electron chi connectivity index (χ1n) is 11.6. The summed E-state index contributed by atoms with van der Waals surface area (Å²) in [6, 6.07) is 3.44. The quantitative estimate of drug-likeness (QED) is 0.631. The van der Waals surface area contributed by atoms with Crippen molar-refractivity contribution in [2.75, 3.05) is 11.9 Å². The second-order valence-corrected chi connectivity index (χ2v) is 9.32. The topological polar surface area (TPSA) is 111 Å². The Labute approximate surface area is 195 Å². The number of aliphatic imine (C=N–C) groups is 1. The summed E-state index contributed by atoms with van der Waals surface area (Å²) in [6.07, 6.45) is 0.298. The minimum atomic E-state index is -1.23. The van der Waals surface area contributed by atoms with Crippen LogP contribution in [0.3, 0.4) is 0 Å². The van der Waals surface area contributed by atoms with Crippen molar-refractivity contribution >= 4 is 17.4 Å². The van der Waals surface area contributed by atoms with Gasteiger partial charge in [-0.3, -0.25) is 9.79 Å². The molecule has 1 aromatic heterocycles. The first-order valence-corrected chi connectivity index (χ1v) is 11.6. The summed E-state index contributed by atoms with van der Waals surface area (Å²) >= 11 is 0. The monoisotopic (exact) mass is 471 g/mol. The van der Waals surface area contributed by atoms with E-state index in [2.05, 4.69) is 20.3 Å². The van der Waals surface area contributed by atoms with Crippen LogP contribution in [0.4, 0.5) is 14.6 Å². The maximum atomic E-state index is 14.5. The molecule has 1 aliphatic carbocycles. The molecule has 1 amide bonds. The number of amides is 1. The molecule has 0 unspecified atom stereocenters. The van der Waals surface area contributed by atoms with Gasteiger partial charge in [-0.15, -0.1) is 0 Å². The summed E-state index contributed by atoms with van der Waals surface area (Å²) in [6.45, 7) is 1.82. The zero-order chi connectivity index (χ0) is 24.0. The van der Waals surface area contributed by atoms with Crippen molar-refractivity contribution in [3.05, 3.63) is 52.7 Å². The van der Waals surface area contributed by atoms with Crippen molar-refractivity contribution in [1.82, 2.24) is 14.9 Å². The van der Waals surface area contributed by atoms with Gasteiger partial charge in [0.2, 0.25) is 0 Å². The number of likely N-dealkylation sites (tertiary alicyclic amines) is 1. The lowest BCUT2D eigenvalue weighted by Gasteiger charge is -2.33. The molecule has 8 nitrogen and oxygen atoms in total. The van der Waals surface area contributed by atoms with Gasteiger partial charge in [-0.05, 0) is 49.4 Å². The van der Waals surface area contributed by atoms with Gasteiger partial charge in [-0.2, -0.15) is 0 Å². The number of carbonyl (C=O) groups is 1. The van der Waals surface area contributed by atoms with Crippen molar-refractivity contribution in [3.63, 3.8) is 0 Å². The van der Waals surface area contributed by atoms with Gasteiger partial charge in [0, 0.05) is 6.42 Å². The number of benzene rings is 1. The van der Waals surface area contributed by atoms with Gasteiger partial charge in [0.05, 0.1) is 48.6 Å². The minimum Gasteiger partial charge on any atom is -0.390 e. The fourth-order valence-electron chi connectivity index (χ4n) is 5.22. The van der Waals surface area contributed by atoms with Gasteiger partial charge in [0.1, 0.15) is 29.8 Å². The molecule has 1 saturated heterocycles. The SMILES string of the molecule is Cc1cc(F)cc([C@H]2C[C@H](F)CN2C(=O)C2=NCc3ncnc(N[C@@H]4CCC[C@@H](O)[C@H]4O)c32)c1. The van der Waals surface area contributed by atoms with Crippen LogP contribution in [-0.4, -0.2) is 67.7 Å². The zero-order valence-corrected chi connectivity index (χ0v) is 18.8. The molecular formula is C24H27F2N5O3. The summed E-state index contributed by atoms with van der Waals surface area (Å²) in [5, 5.41) is 23.6. The average Bonchev–Trinajstić information content (AvgIpc) is 3.40. The molecule has 3 aliphatic rings. The molecule has 0 spiro atoms. The Bertz CT molecular complexity index is 1120. The lowest BCUT2D eigenvalue weighted by atomic mass is 9.90. The number of nitrogens with zero attached hydrogens (tertiary/aromatic N) is 4. The maximum absolute atomic E-state index is 14.5. The number of carbonyl (C=O) groups excluding carboxylic acids is 1. The first kappa shape index (κ1) is 22.8. The van der Waals surface area contributed by atoms with E-state index in [9.17, 15) is 23.8 Å². The minimum absolute atomic E-state index is 0.0807. The van der Waals surface area contributed by atoms with Gasteiger partial charge in [-0.25, -0.2) is 18.7 Å². The van der Waals surface area contributed by atoms with Crippen LogP contribution in [0, 0.1) is 12.7 Å². The molecule has 0 radical (unpaired) electrons. The number of hydrogen-bond acceptors (Lipinski definition) is 7. The third-order valence-electron chi connectivity index (χ3n) is 6.86. The van der Waals surface area contributed by atoms with E-state index in [-0.39, 0.29) is 25.2 Å². The van der Waals surface area contributed by atoms with Crippen molar-refractivity contribution in [2.45, 2.75) is 69.6 Å². The third kappa shape index (κ3) is 4.16. The van der Waals surface area contributed by atoms with E-state index in [1.807, 2.05) is 0 Å². The standard InChI is InChI=1S/C24H27F2N5O3/c1-12-5-13(7-14(25)6-12)18-8-15(26)10-31(18)24(34)21-20-17(9-27-21)28-11-29-23(20)30-16-3-2-4-19(32)22(16)33/h5-7,11,15-16,18-19,22,32-33H,2-4,8-10H2,1H3,(H,28,29,30)/t15-,16+,18+,19+,22-/m0/s1. The highest BCUT2D eigenvalue weighted by Crippen LogP contribution is 2.36. The summed E-state index contributed by atoms with van der Waals surface area (Å²) in [5.74, 6) is -0.545. The smallest absolute Gasteiger partial charge is 0.273 e. The fraction of sp³-hybridized carbons (Fsp3) is 0.500. The normalized spacial score (nSPS) is 28.6. The third-order valence-corrected chi connectivity index (χ3v) is 6.86. The van der Waals surface area contributed by atoms with E-state index in [4.69, 9.17) is 0 Å². The second kappa shape index (κ2) is 8.99. The summed E-state index contributed by atoms with van der Waals surface area (Å²) < 4.78 is 28.6. The van der Waals surface area contributed by atoms with Gasteiger partial charge >= 0.3 is 0 Å². The molecule has 0 bridgehead atoms. The van der Waals surface area contributed by atoms with Crippen LogP contribution in [-0.2, 0) is 11.3 Å². The van der Waals surface area contributed by atoms with Gasteiger partial charge in [-0.1, -0.05) is 6.07 Å². The number of halogens is 2. The molecule has 180 valence electrons. The lowest BCUT2D eigenvalue weighted by molar-refractivity contribution is -0.125. The maximum Gasteiger partial charge on any atom is 0.273 e. The van der Waals surface area contributed by atoms with E-state index in [0.29, 0.717) is 41.0 Å². The number of hydrogen-bond donors (Lipinski definition) is 3. The van der Waals surface area contributed by atoms with Crippen molar-refractivity contribution in [3.8, 4) is 0 Å². The van der Waals surface area contributed by atoms with Crippen molar-refractivity contribution in [2.24, 2.45) is 4.99 Å². The molecule has 3 heterocycles. The number of aliphatic hydroxyl groups excluding tert-OH is 2. The molecule has 3 N–H and O–H groups in total. The van der Waals surface area contributed by atoms with E-state index in [1.54, 1.807) is 13.0 Å². The zero-order valence-electron chi connectivity index (χ0n) is 18.8. The van der Waals surface area contributed by atoms with E-state index < -0.39 is 42.2 Å². The summed E-state index contributed by atoms with van der Waals surface area (Å²) in [4.78, 5) is 28.0. The van der Waals surface area contributed by atoms with E-state index >= 15 is 0 Å². The molecule has 10 heteroatoms. The predicted molar refractivity (Wildman–Crippen MR) is 121 cm³/mol. The number of aromatic nitrogens is 2. The van der Waals surface area contributed by atoms with E-state index in [0.717, 1.165) is 6.42 Å². The molecule has 2 fully saturated rings. The number of alkyl halides is 1. The Balaban J connectivity index is 1.44. The number of fused-ring (bicyclic) bond motifs is 1. The van der Waals surface area contributed by atoms with Crippen molar-refractivity contribution in [1.29, 1.82) is 0 Å². The molecule has 5 atom stereocenters. The van der Waals surface area contributed by atoms with Crippen LogP contribution in [0.15, 0.2) is 29.5 Å². The number of aliphatic hydroxyl groups is 2. The molecule has 2 aliphatic heterocycles. The first-order chi connectivity index (χ1) is 16.3. The van der Waals surface area contributed by atoms with Crippen molar-refractivity contribution < 1.29 is 23.8 Å². The molecular weight excluding hydrogens is 444 g/mol. The highest BCUT2D eigenvalue weighted by molar-refractivity contribution is 6.47. The fourth-order valence-corrected chi connectivity index (χ4v) is 5.22. The van der Waals surface area contributed by atoms with Crippen LogP contribution in [0.2, 0.25) is 0 Å². The van der Waals surface area contributed by atoms with Gasteiger partial charge in [0.25, 0.3) is 5.91 Å². The molecule has 1 saturated carbocycles. The van der Waals surface area contributed by atoms with Crippen LogP contribution in [0.1, 0.15) is 54.1 Å². The number of aryl methyl sites for hydroxylation is 1. The lowest BCUT2D eigenvalue weighted by Crippen LogP contribution is -2.46. The van der Waals surface area contributed by atoms with Crippen LogP contribution in [0.5, 0.6) is 0 Å². The van der Waals surface area contributed by atoms with Gasteiger partial charge < -0.3 is 20.4 Å². The predicted octanol–water partition coefficient (Wildman–Crippen LogP) is 2.22. The average molecular weight is 472 g/mol. The highest BCUT2D eigenvalue weighted by Gasteiger charge is 2.41. The molecule has 34 heavy (non-hydrogen) atoms. The molecule has 2 aromatic rings. The Hall–Kier alpha value is -2.98. The van der Waals surface area contributed by atoms with Crippen LogP contribution in [0.25, 0.3) is 0 Å². The summed E-state index contributed by atoms with van der Waals surface area (Å²) in [7, 11) is 0. The Morgan fingerprint density at radius 1 is 1.21 bits per heavy atom. The second-order valence-electron chi connectivity index (χ2n) is 9.32. The number of rotatable bonds is 4. The largest absolute Gasteiger partial charge is 0.390 e. The van der Waals surface area contributed by atoms with E-state index in [1.165, 1.54) is 23.4 Å². The highest BCUT2D eigenvalue weighted by atomic mass is 19.1. The Morgan fingerprint density at radius 2 is 2.03 bits per heavy atom. The van der Waals surface area contributed by atoms with Crippen LogP contribution < -0.4 is 5.32 Å². The Morgan fingerprint density at radius 3 is 2.82 bits per heavy atom. The summed E-state index contributed by atoms with van der Waals surface area (Å²) in [5.41, 5.74) is 2.35. The number of anilines is 1.